The maximum Gasteiger partial charge on any atom is 0.121 e. The Kier molecular flexibility index (Phi) is 4.23. The number of phenolic OH excluding ortho intramolecular Hbond substituents is 1. The lowest BCUT2D eigenvalue weighted by Gasteiger charge is -2.39. The van der Waals surface area contributed by atoms with E-state index in [1.807, 2.05) is 12.1 Å². The second-order valence-corrected chi connectivity index (χ2v) is 6.99. The molecule has 2 fully saturated rings. The highest BCUT2D eigenvalue weighted by atomic mass is 16.3. The smallest absolute Gasteiger partial charge is 0.121 e. The van der Waals surface area contributed by atoms with E-state index in [4.69, 9.17) is 0 Å². The minimum Gasteiger partial charge on any atom is -0.508 e. The number of fused-ring (bicyclic) bond motifs is 1. The quantitative estimate of drug-likeness (QED) is 0.908. The molecule has 0 bridgehead atoms. The molecule has 1 saturated carbocycles. The van der Waals surface area contributed by atoms with Gasteiger partial charge in [-0.25, -0.2) is 0 Å². The van der Waals surface area contributed by atoms with Crippen LogP contribution in [0.2, 0.25) is 0 Å². The van der Waals surface area contributed by atoms with E-state index in [9.17, 15) is 5.11 Å². The van der Waals surface area contributed by atoms with Crippen molar-refractivity contribution in [1.29, 1.82) is 0 Å². The van der Waals surface area contributed by atoms with Crippen LogP contribution in [0.5, 0.6) is 5.75 Å². The first kappa shape index (κ1) is 15.0. The molecule has 23 heavy (non-hydrogen) atoms. The second-order valence-electron chi connectivity index (χ2n) is 6.99. The van der Waals surface area contributed by atoms with Gasteiger partial charge in [-0.15, -0.1) is 0 Å². The van der Waals surface area contributed by atoms with Crippen molar-refractivity contribution in [1.82, 2.24) is 10.2 Å². The summed E-state index contributed by atoms with van der Waals surface area (Å²) >= 11 is 0. The van der Waals surface area contributed by atoms with Gasteiger partial charge >= 0.3 is 0 Å². The second kappa shape index (κ2) is 6.50. The van der Waals surface area contributed by atoms with Crippen LogP contribution < -0.4 is 5.32 Å². The average molecular weight is 310 g/mol. The first-order valence-corrected chi connectivity index (χ1v) is 9.00. The van der Waals surface area contributed by atoms with Gasteiger partial charge in [-0.3, -0.25) is 4.90 Å². The fourth-order valence-corrected chi connectivity index (χ4v) is 4.54. The Morgan fingerprint density at radius 1 is 1.00 bits per heavy atom. The molecule has 0 aromatic heterocycles. The molecular formula is C20H26N2O. The fraction of sp³-hybridized carbons (Fsp3) is 0.500. The maximum absolute atomic E-state index is 10.7. The summed E-state index contributed by atoms with van der Waals surface area (Å²) in [6.45, 7) is 4.25. The first-order chi connectivity index (χ1) is 11.3. The van der Waals surface area contributed by atoms with E-state index in [2.05, 4.69) is 34.5 Å². The van der Waals surface area contributed by atoms with Crippen LogP contribution in [0.4, 0.5) is 0 Å². The third kappa shape index (κ3) is 2.84. The van der Waals surface area contributed by atoms with Crippen LogP contribution in [0, 0.1) is 5.92 Å². The third-order valence-electron chi connectivity index (χ3n) is 5.63. The molecule has 2 aromatic rings. The fourth-order valence-electron chi connectivity index (χ4n) is 4.54. The normalized spacial score (nSPS) is 21.7. The van der Waals surface area contributed by atoms with Crippen molar-refractivity contribution in [2.75, 3.05) is 26.2 Å². The van der Waals surface area contributed by atoms with Crippen molar-refractivity contribution in [3.05, 3.63) is 42.0 Å². The van der Waals surface area contributed by atoms with Crippen molar-refractivity contribution < 1.29 is 5.11 Å². The lowest BCUT2D eigenvalue weighted by molar-refractivity contribution is 0.124. The van der Waals surface area contributed by atoms with Crippen LogP contribution >= 0.6 is 0 Å². The van der Waals surface area contributed by atoms with E-state index in [1.54, 1.807) is 0 Å². The molecular weight excluding hydrogens is 284 g/mol. The zero-order valence-electron chi connectivity index (χ0n) is 13.7. The Balaban J connectivity index is 1.83. The summed E-state index contributed by atoms with van der Waals surface area (Å²) in [6, 6.07) is 12.8. The average Bonchev–Trinajstić information content (AvgIpc) is 3.12. The molecule has 122 valence electrons. The van der Waals surface area contributed by atoms with Gasteiger partial charge in [0.25, 0.3) is 0 Å². The van der Waals surface area contributed by atoms with Crippen LogP contribution in [-0.4, -0.2) is 36.2 Å². The Morgan fingerprint density at radius 3 is 2.52 bits per heavy atom. The molecule has 1 aliphatic heterocycles. The van der Waals surface area contributed by atoms with Gasteiger partial charge < -0.3 is 10.4 Å². The van der Waals surface area contributed by atoms with Crippen LogP contribution in [-0.2, 0) is 0 Å². The predicted molar refractivity (Wildman–Crippen MR) is 94.8 cm³/mol. The van der Waals surface area contributed by atoms with Crippen LogP contribution in [0.1, 0.15) is 37.3 Å². The molecule has 3 heteroatoms. The number of phenols is 1. The van der Waals surface area contributed by atoms with Crippen LogP contribution in [0.15, 0.2) is 36.4 Å². The molecule has 1 heterocycles. The highest BCUT2D eigenvalue weighted by Crippen LogP contribution is 2.45. The summed E-state index contributed by atoms with van der Waals surface area (Å²) < 4.78 is 0. The van der Waals surface area contributed by atoms with E-state index >= 15 is 0 Å². The molecule has 0 amide bonds. The zero-order chi connectivity index (χ0) is 15.6. The first-order valence-electron chi connectivity index (χ1n) is 9.00. The van der Waals surface area contributed by atoms with Gasteiger partial charge in [-0.2, -0.15) is 0 Å². The van der Waals surface area contributed by atoms with E-state index in [1.165, 1.54) is 36.5 Å². The highest BCUT2D eigenvalue weighted by molar-refractivity contribution is 5.88. The minimum absolute atomic E-state index is 0.353. The zero-order valence-corrected chi connectivity index (χ0v) is 13.7. The molecule has 2 aromatic carbocycles. The summed E-state index contributed by atoms with van der Waals surface area (Å²) in [7, 11) is 0. The molecule has 1 atom stereocenters. The molecule has 3 nitrogen and oxygen atoms in total. The van der Waals surface area contributed by atoms with Gasteiger partial charge in [-0.1, -0.05) is 43.2 Å². The number of hydrogen-bond acceptors (Lipinski definition) is 3. The molecule has 2 aliphatic rings. The van der Waals surface area contributed by atoms with Crippen molar-refractivity contribution in [2.45, 2.75) is 31.7 Å². The summed E-state index contributed by atoms with van der Waals surface area (Å²) in [4.78, 5) is 2.61. The summed E-state index contributed by atoms with van der Waals surface area (Å²) in [6.07, 6.45) is 5.24. The minimum atomic E-state index is 0.353. The number of hydrogen-bond donors (Lipinski definition) is 2. The van der Waals surface area contributed by atoms with Gasteiger partial charge in [0.15, 0.2) is 0 Å². The Hall–Kier alpha value is -1.58. The van der Waals surface area contributed by atoms with Crippen molar-refractivity contribution in [3.63, 3.8) is 0 Å². The predicted octanol–water partition coefficient (Wildman–Crippen LogP) is 3.68. The SMILES string of the molecule is Oc1ccc2ccccc2c1[C@H](C1CCCC1)N1CCNCC1. The maximum atomic E-state index is 10.7. The van der Waals surface area contributed by atoms with Crippen molar-refractivity contribution >= 4 is 10.8 Å². The van der Waals surface area contributed by atoms with E-state index in [-0.39, 0.29) is 0 Å². The molecule has 4 rings (SSSR count). The molecule has 0 radical (unpaired) electrons. The summed E-state index contributed by atoms with van der Waals surface area (Å²) in [5.74, 6) is 1.14. The van der Waals surface area contributed by atoms with Gasteiger partial charge in [0.1, 0.15) is 5.75 Å². The third-order valence-corrected chi connectivity index (χ3v) is 5.63. The molecule has 0 unspecified atom stereocenters. The number of rotatable bonds is 3. The Labute approximate surface area is 138 Å². The number of nitrogens with one attached hydrogen (secondary N) is 1. The Bertz CT molecular complexity index is 672. The van der Waals surface area contributed by atoms with E-state index in [0.29, 0.717) is 17.7 Å². The monoisotopic (exact) mass is 310 g/mol. The molecule has 2 N–H and O–H groups in total. The van der Waals surface area contributed by atoms with Crippen molar-refractivity contribution in [3.8, 4) is 5.75 Å². The van der Waals surface area contributed by atoms with Crippen molar-refractivity contribution in [2.24, 2.45) is 5.92 Å². The van der Waals surface area contributed by atoms with E-state index < -0.39 is 0 Å². The van der Waals surface area contributed by atoms with Crippen LogP contribution in [0.3, 0.4) is 0 Å². The Morgan fingerprint density at radius 2 is 1.74 bits per heavy atom. The molecule has 1 saturated heterocycles. The molecule has 0 spiro atoms. The topological polar surface area (TPSA) is 35.5 Å². The van der Waals surface area contributed by atoms with Crippen LogP contribution in [0.25, 0.3) is 10.8 Å². The lowest BCUT2D eigenvalue weighted by atomic mass is 9.86. The highest BCUT2D eigenvalue weighted by Gasteiger charge is 2.34. The van der Waals surface area contributed by atoms with Gasteiger partial charge in [0.05, 0.1) is 0 Å². The van der Waals surface area contributed by atoms with E-state index in [0.717, 1.165) is 31.7 Å². The largest absolute Gasteiger partial charge is 0.508 e. The van der Waals surface area contributed by atoms with Gasteiger partial charge in [-0.05, 0) is 35.6 Å². The number of nitrogens with zero attached hydrogens (tertiary/aromatic N) is 1. The standard InChI is InChI=1S/C20H26N2O/c23-18-10-9-15-5-3-4-8-17(15)19(18)20(16-6-1-2-7-16)22-13-11-21-12-14-22/h3-5,8-10,16,20-21,23H,1-2,6-7,11-14H2/t20-/m0/s1. The summed E-state index contributed by atoms with van der Waals surface area (Å²) in [5.41, 5.74) is 1.16. The van der Waals surface area contributed by atoms with Gasteiger partial charge in [0, 0.05) is 37.8 Å². The van der Waals surface area contributed by atoms with Gasteiger partial charge in [0.2, 0.25) is 0 Å². The number of benzene rings is 2. The molecule has 1 aliphatic carbocycles. The number of piperazine rings is 1. The number of aromatic hydroxyl groups is 1. The lowest BCUT2D eigenvalue weighted by Crippen LogP contribution is -2.46. The summed E-state index contributed by atoms with van der Waals surface area (Å²) in [5, 5.41) is 16.6.